The number of thiophene rings is 1. The molecule has 0 aliphatic carbocycles. The molecule has 9 nitrogen and oxygen atoms in total. The van der Waals surface area contributed by atoms with Crippen molar-refractivity contribution in [1.82, 2.24) is 19.8 Å². The van der Waals surface area contributed by atoms with Crippen molar-refractivity contribution in [2.75, 3.05) is 34.4 Å². The van der Waals surface area contributed by atoms with E-state index in [1.165, 1.54) is 11.3 Å². The van der Waals surface area contributed by atoms with Gasteiger partial charge in [0.05, 0.1) is 20.6 Å². The van der Waals surface area contributed by atoms with Crippen molar-refractivity contribution in [3.05, 3.63) is 53.2 Å². The van der Waals surface area contributed by atoms with Gasteiger partial charge in [0.15, 0.2) is 0 Å². The molecule has 0 bridgehead atoms. The van der Waals surface area contributed by atoms with Gasteiger partial charge in [-0.2, -0.15) is 0 Å². The Morgan fingerprint density at radius 3 is 2.51 bits per heavy atom. The lowest BCUT2D eigenvalue weighted by Gasteiger charge is -2.14. The Kier molecular flexibility index (Phi) is 6.18. The molecule has 4 heterocycles. The Bertz CT molecular complexity index is 1420. The van der Waals surface area contributed by atoms with Crippen LogP contribution in [0.3, 0.4) is 0 Å². The summed E-state index contributed by atoms with van der Waals surface area (Å²) in [6.45, 7) is 2.85. The average Bonchev–Trinajstić information content (AvgIpc) is 3.57. The average molecular weight is 495 g/mol. The monoisotopic (exact) mass is 494 g/mol. The predicted octanol–water partition coefficient (Wildman–Crippen LogP) is 4.03. The Labute approximate surface area is 206 Å². The number of nitrogens with zero attached hydrogens (tertiary/aromatic N) is 3. The van der Waals surface area contributed by atoms with Gasteiger partial charge in [0.25, 0.3) is 5.91 Å². The minimum Gasteiger partial charge on any atom is -0.456 e. The molecule has 0 spiro atoms. The van der Waals surface area contributed by atoms with Crippen LogP contribution >= 0.6 is 11.3 Å². The van der Waals surface area contributed by atoms with E-state index in [4.69, 9.17) is 14.2 Å². The molecule has 10 heteroatoms. The van der Waals surface area contributed by atoms with Crippen LogP contribution in [0.2, 0.25) is 0 Å². The number of fused-ring (bicyclic) bond motifs is 2. The molecule has 1 aliphatic heterocycles. The summed E-state index contributed by atoms with van der Waals surface area (Å²) in [4.78, 5) is 32.2. The molecule has 3 aromatic heterocycles. The molecule has 0 saturated carbocycles. The van der Waals surface area contributed by atoms with E-state index in [1.54, 1.807) is 49.1 Å². The maximum atomic E-state index is 13.2. The van der Waals surface area contributed by atoms with Crippen molar-refractivity contribution in [3.8, 4) is 11.5 Å². The molecule has 1 fully saturated rings. The van der Waals surface area contributed by atoms with Crippen LogP contribution in [-0.2, 0) is 9.47 Å². The standard InChI is InChI=1S/C25H26N4O5S/c1-14-9-15-10-16(5-6-18(15)29(14)25(31)26-2)34-19-7-8-27-17-11-22(35-23(17)19)24(30)28-12-20(32-3)21(13-28)33-4/h5-11,20-21H,12-13H2,1-4H3,(H,26,31)/t20-,21+. The molecule has 1 aromatic carbocycles. The molecule has 2 amide bonds. The molecule has 35 heavy (non-hydrogen) atoms. The van der Waals surface area contributed by atoms with Crippen LogP contribution in [0.5, 0.6) is 11.5 Å². The second-order valence-electron chi connectivity index (χ2n) is 8.39. The van der Waals surface area contributed by atoms with Gasteiger partial charge in [0, 0.05) is 57.7 Å². The number of rotatable bonds is 5. The zero-order chi connectivity index (χ0) is 24.7. The van der Waals surface area contributed by atoms with E-state index in [0.717, 1.165) is 21.3 Å². The first-order valence-electron chi connectivity index (χ1n) is 11.2. The van der Waals surface area contributed by atoms with Crippen LogP contribution < -0.4 is 10.1 Å². The van der Waals surface area contributed by atoms with Crippen molar-refractivity contribution in [3.63, 3.8) is 0 Å². The minimum atomic E-state index is -0.190. The van der Waals surface area contributed by atoms with Crippen LogP contribution in [-0.4, -0.2) is 73.0 Å². The van der Waals surface area contributed by atoms with E-state index in [9.17, 15) is 9.59 Å². The SMILES string of the molecule is CNC(=O)n1c(C)cc2cc(Oc3ccnc4cc(C(=O)N5C[C@H](OC)[C@H](OC)C5)sc34)ccc21. The van der Waals surface area contributed by atoms with Crippen LogP contribution in [0.1, 0.15) is 15.4 Å². The summed E-state index contributed by atoms with van der Waals surface area (Å²) in [6, 6.07) is 10.9. The maximum absolute atomic E-state index is 13.2. The quantitative estimate of drug-likeness (QED) is 0.450. The first kappa shape index (κ1) is 23.3. The van der Waals surface area contributed by atoms with E-state index in [-0.39, 0.29) is 24.1 Å². The number of aromatic nitrogens is 2. The summed E-state index contributed by atoms with van der Waals surface area (Å²) in [7, 11) is 4.86. The summed E-state index contributed by atoms with van der Waals surface area (Å²) in [5, 5.41) is 3.55. The van der Waals surface area contributed by atoms with Gasteiger partial charge in [-0.15, -0.1) is 11.3 Å². The number of likely N-dealkylation sites (tertiary alicyclic amines) is 1. The summed E-state index contributed by atoms with van der Waals surface area (Å²) in [6.07, 6.45) is 1.38. The molecule has 0 radical (unpaired) electrons. The number of hydrogen-bond acceptors (Lipinski definition) is 7. The Hall–Kier alpha value is -3.47. The second kappa shape index (κ2) is 9.29. The van der Waals surface area contributed by atoms with Crippen molar-refractivity contribution in [2.24, 2.45) is 0 Å². The maximum Gasteiger partial charge on any atom is 0.325 e. The third kappa shape index (κ3) is 4.13. The number of carbonyl (C=O) groups excluding carboxylic acids is 2. The molecule has 1 N–H and O–H groups in total. The van der Waals surface area contributed by atoms with Gasteiger partial charge < -0.3 is 24.4 Å². The number of amides is 2. The smallest absolute Gasteiger partial charge is 0.325 e. The molecular formula is C25H26N4O5S. The zero-order valence-electron chi connectivity index (χ0n) is 19.9. The number of benzene rings is 1. The van der Waals surface area contributed by atoms with Gasteiger partial charge in [-0.25, -0.2) is 4.79 Å². The first-order chi connectivity index (χ1) is 16.9. The van der Waals surface area contributed by atoms with E-state index in [1.807, 2.05) is 31.2 Å². The zero-order valence-corrected chi connectivity index (χ0v) is 20.7. The lowest BCUT2D eigenvalue weighted by atomic mass is 10.2. The molecule has 1 saturated heterocycles. The Morgan fingerprint density at radius 1 is 1.09 bits per heavy atom. The third-order valence-electron chi connectivity index (χ3n) is 6.30. The number of carbonyl (C=O) groups is 2. The number of methoxy groups -OCH3 is 2. The van der Waals surface area contributed by atoms with Gasteiger partial charge in [-0.05, 0) is 37.3 Å². The second-order valence-corrected chi connectivity index (χ2v) is 9.44. The summed E-state index contributed by atoms with van der Waals surface area (Å²) in [5.74, 6) is 1.17. The molecule has 0 unspecified atom stereocenters. The van der Waals surface area contributed by atoms with Gasteiger partial charge in [-0.1, -0.05) is 0 Å². The Morgan fingerprint density at radius 2 is 1.83 bits per heavy atom. The van der Waals surface area contributed by atoms with Crippen LogP contribution in [0, 0.1) is 6.92 Å². The summed E-state index contributed by atoms with van der Waals surface area (Å²) < 4.78 is 19.6. The van der Waals surface area contributed by atoms with Gasteiger partial charge in [0.2, 0.25) is 0 Å². The van der Waals surface area contributed by atoms with Crippen LogP contribution in [0.15, 0.2) is 42.6 Å². The molecule has 2 atom stereocenters. The predicted molar refractivity (Wildman–Crippen MR) is 134 cm³/mol. The highest BCUT2D eigenvalue weighted by Gasteiger charge is 2.36. The number of ether oxygens (including phenoxy) is 3. The number of pyridine rings is 1. The summed E-state index contributed by atoms with van der Waals surface area (Å²) >= 11 is 1.36. The highest BCUT2D eigenvalue weighted by atomic mass is 32.1. The Balaban J connectivity index is 1.42. The highest BCUT2D eigenvalue weighted by Crippen LogP contribution is 2.37. The molecule has 1 aliphatic rings. The first-order valence-corrected chi connectivity index (χ1v) is 12.0. The van der Waals surface area contributed by atoms with Gasteiger partial charge in [0.1, 0.15) is 23.7 Å². The highest BCUT2D eigenvalue weighted by molar-refractivity contribution is 7.21. The molecule has 5 rings (SSSR count). The minimum absolute atomic E-state index is 0.0759. The van der Waals surface area contributed by atoms with Crippen molar-refractivity contribution < 1.29 is 23.8 Å². The largest absolute Gasteiger partial charge is 0.456 e. The number of hydrogen-bond donors (Lipinski definition) is 1. The van der Waals surface area contributed by atoms with Crippen molar-refractivity contribution in [2.45, 2.75) is 19.1 Å². The third-order valence-corrected chi connectivity index (χ3v) is 7.42. The lowest BCUT2D eigenvalue weighted by Crippen LogP contribution is -2.29. The van der Waals surface area contributed by atoms with E-state index in [2.05, 4.69) is 10.3 Å². The summed E-state index contributed by atoms with van der Waals surface area (Å²) in [5.41, 5.74) is 2.33. The fraction of sp³-hybridized carbons (Fsp3) is 0.320. The van der Waals surface area contributed by atoms with E-state index in [0.29, 0.717) is 35.0 Å². The number of nitrogens with one attached hydrogen (secondary N) is 1. The van der Waals surface area contributed by atoms with Crippen LogP contribution in [0.25, 0.3) is 21.1 Å². The van der Waals surface area contributed by atoms with Gasteiger partial charge >= 0.3 is 6.03 Å². The van der Waals surface area contributed by atoms with Crippen molar-refractivity contribution in [1.29, 1.82) is 0 Å². The van der Waals surface area contributed by atoms with Crippen LogP contribution in [0.4, 0.5) is 4.79 Å². The van der Waals surface area contributed by atoms with Crippen molar-refractivity contribution >= 4 is 44.4 Å². The molecular weight excluding hydrogens is 468 g/mol. The fourth-order valence-electron chi connectivity index (χ4n) is 4.52. The number of aryl methyl sites for hydroxylation is 1. The fourth-order valence-corrected chi connectivity index (χ4v) is 5.56. The van der Waals surface area contributed by atoms with E-state index >= 15 is 0 Å². The van der Waals surface area contributed by atoms with E-state index < -0.39 is 0 Å². The van der Waals surface area contributed by atoms with Gasteiger partial charge in [-0.3, -0.25) is 14.3 Å². The lowest BCUT2D eigenvalue weighted by molar-refractivity contribution is -0.00461. The topological polar surface area (TPSA) is 94.9 Å². The molecule has 4 aromatic rings. The normalized spacial score (nSPS) is 17.9. The molecule has 182 valence electrons.